The Kier molecular flexibility index (Phi) is 8.57. The predicted octanol–water partition coefficient (Wildman–Crippen LogP) is 6.21. The average Bonchev–Trinajstić information content (AvgIpc) is 2.83. The van der Waals surface area contributed by atoms with E-state index < -0.39 is 0 Å². The van der Waals surface area contributed by atoms with Gasteiger partial charge in [-0.25, -0.2) is 5.43 Å². The minimum Gasteiger partial charge on any atom is -0.487 e. The van der Waals surface area contributed by atoms with Crippen LogP contribution in [0.2, 0.25) is 5.02 Å². The zero-order valence-electron chi connectivity index (χ0n) is 17.7. The van der Waals surface area contributed by atoms with E-state index in [2.05, 4.69) is 60.7 Å². The Labute approximate surface area is 229 Å². The first-order valence-electron chi connectivity index (χ1n) is 10.1. The Balaban J connectivity index is 1.32. The molecule has 1 heterocycles. The first-order chi connectivity index (χ1) is 16.5. The van der Waals surface area contributed by atoms with Crippen molar-refractivity contribution in [1.82, 2.24) is 10.4 Å². The molecule has 1 N–H and O–H groups in total. The van der Waals surface area contributed by atoms with Gasteiger partial charge in [-0.1, -0.05) is 41.9 Å². The molecule has 6 nitrogen and oxygen atoms in total. The maximum atomic E-state index is 12.2. The summed E-state index contributed by atoms with van der Waals surface area (Å²) in [6.45, 7) is 0.276. The summed E-state index contributed by atoms with van der Waals surface area (Å²) < 4.78 is 13.5. The molecule has 9 heteroatoms. The molecule has 3 aromatic carbocycles. The molecule has 172 valence electrons. The van der Waals surface area contributed by atoms with Gasteiger partial charge in [-0.2, -0.15) is 5.10 Å². The van der Waals surface area contributed by atoms with E-state index in [-0.39, 0.29) is 12.5 Å². The Morgan fingerprint density at radius 2 is 1.76 bits per heavy atom. The molecule has 0 aliphatic carbocycles. The van der Waals surface area contributed by atoms with Gasteiger partial charge in [0.05, 0.1) is 13.4 Å². The van der Waals surface area contributed by atoms with E-state index in [4.69, 9.17) is 21.1 Å². The molecule has 4 rings (SSSR count). The first-order valence-corrected chi connectivity index (χ1v) is 12.7. The summed E-state index contributed by atoms with van der Waals surface area (Å²) in [6.07, 6.45) is 3.28. The van der Waals surface area contributed by atoms with Crippen LogP contribution in [-0.2, 0) is 11.4 Å². The van der Waals surface area contributed by atoms with Crippen LogP contribution in [0, 0.1) is 7.14 Å². The second kappa shape index (κ2) is 11.8. The SMILES string of the molecule is O=C(COc1cccc2cccnc12)N/N=C/c1cc(I)c(OCc2ccc(Cl)cc2)c(I)c1. The summed E-state index contributed by atoms with van der Waals surface area (Å²) in [5.74, 6) is 0.987. The molecule has 1 amide bonds. The number of aromatic nitrogens is 1. The number of nitrogens with zero attached hydrogens (tertiary/aromatic N) is 2. The molecule has 0 fully saturated rings. The van der Waals surface area contributed by atoms with Gasteiger partial charge in [0, 0.05) is 16.6 Å². The molecule has 0 saturated carbocycles. The fourth-order valence-electron chi connectivity index (χ4n) is 3.08. The summed E-state index contributed by atoms with van der Waals surface area (Å²) in [5, 5.41) is 5.69. The number of nitrogens with one attached hydrogen (secondary N) is 1. The maximum Gasteiger partial charge on any atom is 0.277 e. The monoisotopic (exact) mass is 697 g/mol. The normalized spacial score (nSPS) is 11.0. The highest BCUT2D eigenvalue weighted by Gasteiger charge is 2.10. The van der Waals surface area contributed by atoms with Gasteiger partial charge in [-0.15, -0.1) is 0 Å². The Bertz CT molecular complexity index is 1320. The van der Waals surface area contributed by atoms with Gasteiger partial charge < -0.3 is 9.47 Å². The number of fused-ring (bicyclic) bond motifs is 1. The summed E-state index contributed by atoms with van der Waals surface area (Å²) in [5.41, 5.74) is 5.08. The zero-order chi connectivity index (χ0) is 23.9. The van der Waals surface area contributed by atoms with Crippen molar-refractivity contribution in [3.63, 3.8) is 0 Å². The number of rotatable bonds is 8. The van der Waals surface area contributed by atoms with E-state index in [0.717, 1.165) is 29.4 Å². The summed E-state index contributed by atoms with van der Waals surface area (Å²) >= 11 is 10.4. The van der Waals surface area contributed by atoms with Crippen LogP contribution in [0.15, 0.2) is 78.0 Å². The second-order valence-corrected chi connectivity index (χ2v) is 9.90. The van der Waals surface area contributed by atoms with Gasteiger partial charge in [0.2, 0.25) is 0 Å². The van der Waals surface area contributed by atoms with Gasteiger partial charge >= 0.3 is 0 Å². The number of benzene rings is 3. The highest BCUT2D eigenvalue weighted by molar-refractivity contribution is 14.1. The van der Waals surface area contributed by atoms with Crippen molar-refractivity contribution < 1.29 is 14.3 Å². The van der Waals surface area contributed by atoms with Crippen LogP contribution < -0.4 is 14.9 Å². The van der Waals surface area contributed by atoms with E-state index in [0.29, 0.717) is 22.9 Å². The number of hydrogen-bond donors (Lipinski definition) is 1. The lowest BCUT2D eigenvalue weighted by Crippen LogP contribution is -2.24. The molecule has 0 saturated heterocycles. The second-order valence-electron chi connectivity index (χ2n) is 7.14. The highest BCUT2D eigenvalue weighted by Crippen LogP contribution is 2.29. The van der Waals surface area contributed by atoms with Crippen LogP contribution in [-0.4, -0.2) is 23.7 Å². The van der Waals surface area contributed by atoms with Crippen LogP contribution >= 0.6 is 56.8 Å². The number of amides is 1. The molecule has 1 aromatic heterocycles. The van der Waals surface area contributed by atoms with Gasteiger partial charge in [0.15, 0.2) is 6.61 Å². The fourth-order valence-corrected chi connectivity index (χ4v) is 5.33. The standard InChI is InChI=1S/C25H18ClI2N3O3/c26-19-8-6-16(7-9-19)14-34-25-20(27)11-17(12-21(25)28)13-30-31-23(32)15-33-22-5-1-3-18-4-2-10-29-24(18)22/h1-13H,14-15H2,(H,31,32)/b30-13+. The van der Waals surface area contributed by atoms with Crippen LogP contribution in [0.3, 0.4) is 0 Å². The van der Waals surface area contributed by atoms with Crippen LogP contribution in [0.1, 0.15) is 11.1 Å². The molecular weight excluding hydrogens is 680 g/mol. The number of hydrogen-bond acceptors (Lipinski definition) is 5. The van der Waals surface area contributed by atoms with E-state index in [9.17, 15) is 4.79 Å². The number of carbonyl (C=O) groups is 1. The molecule has 0 spiro atoms. The first kappa shape index (κ1) is 24.7. The number of pyridine rings is 1. The fraction of sp³-hybridized carbons (Fsp3) is 0.0800. The molecule has 34 heavy (non-hydrogen) atoms. The Hall–Kier alpha value is -2.44. The van der Waals surface area contributed by atoms with Gasteiger partial charge in [0.1, 0.15) is 23.6 Å². The Morgan fingerprint density at radius 3 is 2.53 bits per heavy atom. The lowest BCUT2D eigenvalue weighted by Gasteiger charge is -2.11. The average molecular weight is 698 g/mol. The summed E-state index contributed by atoms with van der Waals surface area (Å²) in [4.78, 5) is 16.5. The van der Waals surface area contributed by atoms with Crippen LogP contribution in [0.25, 0.3) is 10.9 Å². The molecular formula is C25H18ClI2N3O3. The van der Waals surface area contributed by atoms with Gasteiger partial charge in [0.25, 0.3) is 5.91 Å². The minimum absolute atomic E-state index is 0.167. The third-order valence-electron chi connectivity index (χ3n) is 4.67. The lowest BCUT2D eigenvalue weighted by molar-refractivity contribution is -0.123. The van der Waals surface area contributed by atoms with E-state index in [1.165, 1.54) is 0 Å². The third kappa shape index (κ3) is 6.57. The largest absolute Gasteiger partial charge is 0.487 e. The number of halogens is 3. The van der Waals surface area contributed by atoms with E-state index in [1.807, 2.05) is 60.7 Å². The number of hydrazone groups is 1. The van der Waals surface area contributed by atoms with Crippen LogP contribution in [0.4, 0.5) is 0 Å². The summed E-state index contributed by atoms with van der Waals surface area (Å²) in [7, 11) is 0. The van der Waals surface area contributed by atoms with Crippen molar-refractivity contribution in [2.45, 2.75) is 6.61 Å². The summed E-state index contributed by atoms with van der Waals surface area (Å²) in [6, 6.07) is 20.8. The Morgan fingerprint density at radius 1 is 1.03 bits per heavy atom. The molecule has 0 radical (unpaired) electrons. The van der Waals surface area contributed by atoms with Crippen LogP contribution in [0.5, 0.6) is 11.5 Å². The number of para-hydroxylation sites is 1. The molecule has 0 aliphatic heterocycles. The topological polar surface area (TPSA) is 72.8 Å². The van der Waals surface area contributed by atoms with Gasteiger partial charge in [-0.3, -0.25) is 9.78 Å². The van der Waals surface area contributed by atoms with Crippen molar-refractivity contribution in [3.8, 4) is 11.5 Å². The quantitative estimate of drug-likeness (QED) is 0.135. The number of carbonyl (C=O) groups excluding carboxylic acids is 1. The van der Waals surface area contributed by atoms with Crippen molar-refractivity contribution in [2.75, 3.05) is 6.61 Å². The van der Waals surface area contributed by atoms with Crippen molar-refractivity contribution in [1.29, 1.82) is 0 Å². The molecule has 0 atom stereocenters. The van der Waals surface area contributed by atoms with E-state index in [1.54, 1.807) is 18.5 Å². The predicted molar refractivity (Wildman–Crippen MR) is 151 cm³/mol. The maximum absolute atomic E-state index is 12.2. The highest BCUT2D eigenvalue weighted by atomic mass is 127. The zero-order valence-corrected chi connectivity index (χ0v) is 22.7. The van der Waals surface area contributed by atoms with E-state index >= 15 is 0 Å². The van der Waals surface area contributed by atoms with Crippen molar-refractivity contribution in [2.24, 2.45) is 5.10 Å². The number of ether oxygens (including phenoxy) is 2. The molecule has 4 aromatic rings. The molecule has 0 unspecified atom stereocenters. The van der Waals surface area contributed by atoms with Gasteiger partial charge in [-0.05, 0) is 92.7 Å². The minimum atomic E-state index is -0.364. The molecule has 0 aliphatic rings. The lowest BCUT2D eigenvalue weighted by atomic mass is 10.2. The smallest absolute Gasteiger partial charge is 0.277 e. The van der Waals surface area contributed by atoms with Crippen molar-refractivity contribution >= 4 is 79.8 Å². The molecule has 0 bridgehead atoms. The third-order valence-corrected chi connectivity index (χ3v) is 6.53. The van der Waals surface area contributed by atoms with Crippen molar-refractivity contribution in [3.05, 3.63) is 96.2 Å².